The highest BCUT2D eigenvalue weighted by Crippen LogP contribution is 2.68. The highest BCUT2D eigenvalue weighted by molar-refractivity contribution is 5.83. The number of benzene rings is 1. The van der Waals surface area contributed by atoms with Crippen molar-refractivity contribution in [1.29, 1.82) is 0 Å². The van der Waals surface area contributed by atoms with Gasteiger partial charge in [-0.3, -0.25) is 4.98 Å². The van der Waals surface area contributed by atoms with Crippen molar-refractivity contribution in [1.82, 2.24) is 4.98 Å². The van der Waals surface area contributed by atoms with Crippen molar-refractivity contribution >= 4 is 16.8 Å². The van der Waals surface area contributed by atoms with E-state index in [0.717, 1.165) is 16.9 Å². The molecular weight excluding hydrogens is 332 g/mol. The number of nitrogens with zero attached hydrogens (tertiary/aromatic N) is 2. The van der Waals surface area contributed by atoms with Gasteiger partial charge in [-0.05, 0) is 49.4 Å². The van der Waals surface area contributed by atoms with Crippen LogP contribution in [0.3, 0.4) is 0 Å². The summed E-state index contributed by atoms with van der Waals surface area (Å²) in [5.74, 6) is 1.09. The van der Waals surface area contributed by atoms with Crippen LogP contribution >= 0.6 is 0 Å². The Morgan fingerprint density at radius 1 is 1.04 bits per heavy atom. The standard InChI is InChI=1S/C24H28N2O/c1-14-10-8-11-16-20(14)26-15(2)18-19-17(12-9-13-25-19)27-21(18)24(26,7)23(5,6)22(16,3)4/h8-13,15H,1-7H3/t15-,24?/m0/s1. The molecule has 4 heterocycles. The van der Waals surface area contributed by atoms with Crippen LogP contribution in [0.4, 0.5) is 5.69 Å². The Hall–Kier alpha value is -2.29. The average Bonchev–Trinajstić information content (AvgIpc) is 3.10. The second kappa shape index (κ2) is 4.76. The summed E-state index contributed by atoms with van der Waals surface area (Å²) in [5.41, 5.74) is 7.00. The predicted octanol–water partition coefficient (Wildman–Crippen LogP) is 6.25. The molecule has 0 aliphatic carbocycles. The second-order valence-electron chi connectivity index (χ2n) is 9.53. The van der Waals surface area contributed by atoms with E-state index < -0.39 is 0 Å². The lowest BCUT2D eigenvalue weighted by Gasteiger charge is -2.61. The van der Waals surface area contributed by atoms with Crippen LogP contribution in [0.2, 0.25) is 0 Å². The van der Waals surface area contributed by atoms with Gasteiger partial charge in [0.25, 0.3) is 0 Å². The Morgan fingerprint density at radius 2 is 1.78 bits per heavy atom. The maximum atomic E-state index is 6.53. The van der Waals surface area contributed by atoms with Gasteiger partial charge in [-0.2, -0.15) is 0 Å². The Kier molecular flexibility index (Phi) is 2.97. The number of aryl methyl sites for hydroxylation is 1. The predicted molar refractivity (Wildman–Crippen MR) is 110 cm³/mol. The van der Waals surface area contributed by atoms with Gasteiger partial charge in [0.15, 0.2) is 5.58 Å². The summed E-state index contributed by atoms with van der Waals surface area (Å²) in [4.78, 5) is 7.31. The molecule has 3 aromatic rings. The number of pyridine rings is 1. The van der Waals surface area contributed by atoms with Crippen molar-refractivity contribution in [2.75, 3.05) is 4.90 Å². The molecule has 5 rings (SSSR count). The number of anilines is 1. The topological polar surface area (TPSA) is 29.3 Å². The van der Waals surface area contributed by atoms with Gasteiger partial charge in [0.2, 0.25) is 0 Å². The SMILES string of the molecule is Cc1cccc2c1N1[C@@H](C)c3c(oc4cccnc34)C1(C)C(C)(C)C2(C)C. The van der Waals surface area contributed by atoms with Crippen LogP contribution in [0, 0.1) is 12.3 Å². The van der Waals surface area contributed by atoms with Crippen molar-refractivity contribution in [2.24, 2.45) is 5.41 Å². The van der Waals surface area contributed by atoms with Crippen LogP contribution in [0.25, 0.3) is 11.1 Å². The minimum Gasteiger partial charge on any atom is -0.456 e. The molecule has 140 valence electrons. The van der Waals surface area contributed by atoms with Gasteiger partial charge in [-0.1, -0.05) is 45.9 Å². The average molecular weight is 361 g/mol. The molecule has 2 aliphatic heterocycles. The summed E-state index contributed by atoms with van der Waals surface area (Å²) in [6.45, 7) is 16.5. The number of aromatic nitrogens is 1. The van der Waals surface area contributed by atoms with E-state index in [1.54, 1.807) is 0 Å². The van der Waals surface area contributed by atoms with E-state index in [1.807, 2.05) is 18.3 Å². The normalized spacial score (nSPS) is 27.4. The Balaban J connectivity index is 1.94. The molecule has 2 aromatic heterocycles. The molecular formula is C24H28N2O. The van der Waals surface area contributed by atoms with E-state index in [-0.39, 0.29) is 22.4 Å². The second-order valence-corrected chi connectivity index (χ2v) is 9.53. The first-order valence-corrected chi connectivity index (χ1v) is 9.91. The molecule has 0 radical (unpaired) electrons. The Bertz CT molecular complexity index is 1090. The maximum Gasteiger partial charge on any atom is 0.153 e. The van der Waals surface area contributed by atoms with Crippen LogP contribution in [0.1, 0.15) is 70.0 Å². The van der Waals surface area contributed by atoms with E-state index in [0.29, 0.717) is 0 Å². The van der Waals surface area contributed by atoms with Gasteiger partial charge in [0.05, 0.1) is 6.04 Å². The molecule has 0 fully saturated rings. The van der Waals surface area contributed by atoms with Gasteiger partial charge >= 0.3 is 0 Å². The molecule has 0 N–H and O–H groups in total. The van der Waals surface area contributed by atoms with E-state index in [1.165, 1.54) is 22.4 Å². The summed E-state index contributed by atoms with van der Waals surface area (Å²) in [7, 11) is 0. The van der Waals surface area contributed by atoms with E-state index in [2.05, 4.69) is 71.6 Å². The van der Waals surface area contributed by atoms with Crippen molar-refractivity contribution < 1.29 is 4.42 Å². The lowest BCUT2D eigenvalue weighted by atomic mass is 9.52. The fraction of sp³-hybridized carbons (Fsp3) is 0.458. The van der Waals surface area contributed by atoms with Crippen molar-refractivity contribution in [3.63, 3.8) is 0 Å². The fourth-order valence-electron chi connectivity index (χ4n) is 5.75. The van der Waals surface area contributed by atoms with E-state index >= 15 is 0 Å². The third-order valence-electron chi connectivity index (χ3n) is 8.14. The van der Waals surface area contributed by atoms with Crippen LogP contribution < -0.4 is 4.90 Å². The molecule has 3 heteroatoms. The van der Waals surface area contributed by atoms with Gasteiger partial charge in [-0.15, -0.1) is 0 Å². The first kappa shape index (κ1) is 16.9. The number of hydrogen-bond acceptors (Lipinski definition) is 3. The minimum atomic E-state index is -0.245. The van der Waals surface area contributed by atoms with Gasteiger partial charge in [0, 0.05) is 22.9 Å². The van der Waals surface area contributed by atoms with Gasteiger partial charge in [-0.25, -0.2) is 0 Å². The lowest BCUT2D eigenvalue weighted by molar-refractivity contribution is 0.0521. The number of hydrogen-bond donors (Lipinski definition) is 0. The monoisotopic (exact) mass is 360 g/mol. The van der Waals surface area contributed by atoms with Gasteiger partial charge in [0.1, 0.15) is 16.8 Å². The van der Waals surface area contributed by atoms with Crippen LogP contribution in [0.15, 0.2) is 40.9 Å². The summed E-state index contributed by atoms with van der Waals surface area (Å²) in [5, 5.41) is 0. The summed E-state index contributed by atoms with van der Waals surface area (Å²) < 4.78 is 6.53. The number of para-hydroxylation sites is 1. The molecule has 2 atom stereocenters. The van der Waals surface area contributed by atoms with Crippen molar-refractivity contribution in [3.8, 4) is 0 Å². The number of fused-ring (bicyclic) bond motifs is 7. The summed E-state index contributed by atoms with van der Waals surface area (Å²) in [6, 6.07) is 11.0. The third kappa shape index (κ3) is 1.63. The molecule has 3 nitrogen and oxygen atoms in total. The molecule has 2 aliphatic rings. The smallest absolute Gasteiger partial charge is 0.153 e. The largest absolute Gasteiger partial charge is 0.456 e. The zero-order valence-corrected chi connectivity index (χ0v) is 17.3. The molecule has 1 aromatic carbocycles. The molecule has 0 saturated carbocycles. The van der Waals surface area contributed by atoms with E-state index in [9.17, 15) is 0 Å². The first-order valence-electron chi connectivity index (χ1n) is 9.91. The van der Waals surface area contributed by atoms with Crippen molar-refractivity contribution in [2.45, 2.75) is 65.5 Å². The zero-order chi connectivity index (χ0) is 19.4. The van der Waals surface area contributed by atoms with Crippen molar-refractivity contribution in [3.05, 3.63) is 59.0 Å². The molecule has 1 unspecified atom stereocenters. The van der Waals surface area contributed by atoms with Crippen LogP contribution in [0.5, 0.6) is 0 Å². The Labute approximate surface area is 161 Å². The summed E-state index contributed by atoms with van der Waals surface area (Å²) >= 11 is 0. The fourth-order valence-corrected chi connectivity index (χ4v) is 5.75. The highest BCUT2D eigenvalue weighted by Gasteiger charge is 2.66. The molecule has 27 heavy (non-hydrogen) atoms. The first-order chi connectivity index (χ1) is 12.6. The number of furan rings is 1. The molecule has 0 bridgehead atoms. The quantitative estimate of drug-likeness (QED) is 0.474. The third-order valence-corrected chi connectivity index (χ3v) is 8.14. The number of rotatable bonds is 0. The summed E-state index contributed by atoms with van der Waals surface area (Å²) in [6.07, 6.45) is 1.87. The molecule has 0 amide bonds. The highest BCUT2D eigenvalue weighted by atomic mass is 16.3. The maximum absolute atomic E-state index is 6.53. The van der Waals surface area contributed by atoms with Gasteiger partial charge < -0.3 is 9.32 Å². The molecule has 0 spiro atoms. The zero-order valence-electron chi connectivity index (χ0n) is 17.3. The Morgan fingerprint density at radius 3 is 2.52 bits per heavy atom. The van der Waals surface area contributed by atoms with E-state index in [4.69, 9.17) is 9.40 Å². The van der Waals surface area contributed by atoms with Crippen LogP contribution in [-0.4, -0.2) is 4.98 Å². The molecule has 0 saturated heterocycles. The lowest BCUT2D eigenvalue weighted by Crippen LogP contribution is -2.62. The minimum absolute atomic E-state index is 0.00661. The van der Waals surface area contributed by atoms with Crippen LogP contribution in [-0.2, 0) is 11.0 Å².